The topological polar surface area (TPSA) is 111 Å². The minimum Gasteiger partial charge on any atom is -0.493 e. The Morgan fingerprint density at radius 1 is 1.28 bits per heavy atom. The molecule has 9 heteroatoms. The van der Waals surface area contributed by atoms with E-state index >= 15 is 0 Å². The molecule has 2 heterocycles. The molecule has 0 spiro atoms. The lowest BCUT2D eigenvalue weighted by atomic mass is 10.1. The van der Waals surface area contributed by atoms with Crippen LogP contribution in [-0.4, -0.2) is 32.2 Å². The van der Waals surface area contributed by atoms with Crippen molar-refractivity contribution in [3.63, 3.8) is 0 Å². The van der Waals surface area contributed by atoms with Crippen LogP contribution < -0.4 is 15.8 Å². The lowest BCUT2D eigenvalue weighted by molar-refractivity contribution is -0.145. The fourth-order valence-electron chi connectivity index (χ4n) is 4.16. The summed E-state index contributed by atoms with van der Waals surface area (Å²) in [6.07, 6.45) is 5.44. The van der Waals surface area contributed by atoms with Crippen molar-refractivity contribution in [3.8, 4) is 17.1 Å². The number of aromatic nitrogens is 4. The number of imidazole rings is 1. The SMILES string of the molecule is CCCc1nc(C)c2c(=O)[nH]c(-c3cc(NOC(=O)C4CCCC4)ccc3OCC)nn12. The Morgan fingerprint density at radius 2 is 2.06 bits per heavy atom. The van der Waals surface area contributed by atoms with Gasteiger partial charge >= 0.3 is 5.97 Å². The third-order valence-corrected chi connectivity index (χ3v) is 5.71. The van der Waals surface area contributed by atoms with Crippen molar-refractivity contribution in [2.75, 3.05) is 12.1 Å². The van der Waals surface area contributed by atoms with Gasteiger partial charge in [0.2, 0.25) is 0 Å². The fraction of sp³-hybridized carbons (Fsp3) is 0.478. The largest absolute Gasteiger partial charge is 0.493 e. The average Bonchev–Trinajstić information content (AvgIpc) is 3.42. The highest BCUT2D eigenvalue weighted by molar-refractivity contribution is 5.75. The number of benzene rings is 1. The summed E-state index contributed by atoms with van der Waals surface area (Å²) >= 11 is 0. The molecule has 1 aliphatic carbocycles. The summed E-state index contributed by atoms with van der Waals surface area (Å²) in [5.74, 6) is 1.36. The second-order valence-corrected chi connectivity index (χ2v) is 8.08. The molecule has 0 saturated heterocycles. The van der Waals surface area contributed by atoms with Gasteiger partial charge in [0.15, 0.2) is 11.3 Å². The van der Waals surface area contributed by atoms with Crippen molar-refractivity contribution < 1.29 is 14.4 Å². The molecule has 170 valence electrons. The van der Waals surface area contributed by atoms with Crippen LogP contribution in [0.3, 0.4) is 0 Å². The van der Waals surface area contributed by atoms with Crippen LogP contribution in [0.4, 0.5) is 5.69 Å². The Kier molecular flexibility index (Phi) is 6.43. The summed E-state index contributed by atoms with van der Waals surface area (Å²) in [6.45, 7) is 6.20. The average molecular weight is 440 g/mol. The third kappa shape index (κ3) is 4.32. The van der Waals surface area contributed by atoms with Crippen LogP contribution in [0, 0.1) is 12.8 Å². The third-order valence-electron chi connectivity index (χ3n) is 5.71. The summed E-state index contributed by atoms with van der Waals surface area (Å²) in [6, 6.07) is 5.28. The monoisotopic (exact) mass is 439 g/mol. The van der Waals surface area contributed by atoms with E-state index in [1.165, 1.54) is 0 Å². The van der Waals surface area contributed by atoms with E-state index in [0.29, 0.717) is 47.1 Å². The molecule has 1 aliphatic rings. The molecule has 0 radical (unpaired) electrons. The predicted molar refractivity (Wildman–Crippen MR) is 121 cm³/mol. The van der Waals surface area contributed by atoms with Crippen LogP contribution in [0.25, 0.3) is 16.9 Å². The summed E-state index contributed by atoms with van der Waals surface area (Å²) < 4.78 is 7.38. The Bertz CT molecular complexity index is 1180. The van der Waals surface area contributed by atoms with E-state index in [-0.39, 0.29) is 17.4 Å². The molecule has 1 fully saturated rings. The normalized spacial score (nSPS) is 14.1. The summed E-state index contributed by atoms with van der Waals surface area (Å²) in [5.41, 5.74) is 4.71. The van der Waals surface area contributed by atoms with Gasteiger partial charge < -0.3 is 14.6 Å². The number of carbonyl (C=O) groups is 1. The van der Waals surface area contributed by atoms with Gasteiger partial charge in [-0.2, -0.15) is 0 Å². The van der Waals surface area contributed by atoms with Gasteiger partial charge in [-0.25, -0.2) is 19.8 Å². The number of H-pyrrole nitrogens is 1. The van der Waals surface area contributed by atoms with E-state index in [9.17, 15) is 9.59 Å². The number of ether oxygens (including phenoxy) is 1. The summed E-state index contributed by atoms with van der Waals surface area (Å²) in [5, 5.41) is 4.67. The van der Waals surface area contributed by atoms with Crippen molar-refractivity contribution in [2.45, 2.75) is 59.3 Å². The molecule has 2 N–H and O–H groups in total. The highest BCUT2D eigenvalue weighted by atomic mass is 16.7. The smallest absolute Gasteiger partial charge is 0.335 e. The zero-order chi connectivity index (χ0) is 22.7. The molecule has 0 aliphatic heterocycles. The highest BCUT2D eigenvalue weighted by Crippen LogP contribution is 2.31. The van der Waals surface area contributed by atoms with Crippen molar-refractivity contribution in [3.05, 3.63) is 40.1 Å². The molecule has 0 amide bonds. The number of aryl methyl sites for hydroxylation is 2. The number of aromatic amines is 1. The Labute approximate surface area is 186 Å². The first kappa shape index (κ1) is 21.9. The number of hydrogen-bond donors (Lipinski definition) is 2. The fourth-order valence-corrected chi connectivity index (χ4v) is 4.16. The van der Waals surface area contributed by atoms with Crippen LogP contribution in [0.2, 0.25) is 0 Å². The molecule has 1 aromatic carbocycles. The minimum atomic E-state index is -0.268. The van der Waals surface area contributed by atoms with E-state index in [0.717, 1.165) is 37.9 Å². The number of nitrogens with one attached hydrogen (secondary N) is 2. The molecule has 2 aromatic heterocycles. The molecule has 3 aromatic rings. The quantitative estimate of drug-likeness (QED) is 0.514. The Morgan fingerprint density at radius 3 is 2.78 bits per heavy atom. The van der Waals surface area contributed by atoms with Crippen LogP contribution >= 0.6 is 0 Å². The maximum absolute atomic E-state index is 12.8. The first-order valence-electron chi connectivity index (χ1n) is 11.2. The van der Waals surface area contributed by atoms with E-state index in [1.54, 1.807) is 29.6 Å². The van der Waals surface area contributed by atoms with Gasteiger partial charge in [-0.3, -0.25) is 4.79 Å². The lowest BCUT2D eigenvalue weighted by Crippen LogP contribution is -2.18. The number of fused-ring (bicyclic) bond motifs is 1. The van der Waals surface area contributed by atoms with Gasteiger partial charge in [0.1, 0.15) is 11.6 Å². The molecular formula is C23H29N5O4. The van der Waals surface area contributed by atoms with Crippen molar-refractivity contribution in [1.29, 1.82) is 0 Å². The van der Waals surface area contributed by atoms with Gasteiger partial charge in [0.05, 0.1) is 29.5 Å². The van der Waals surface area contributed by atoms with Gasteiger partial charge in [-0.15, -0.1) is 5.10 Å². The van der Waals surface area contributed by atoms with Crippen molar-refractivity contribution in [2.24, 2.45) is 5.92 Å². The Balaban J connectivity index is 1.70. The highest BCUT2D eigenvalue weighted by Gasteiger charge is 2.24. The van der Waals surface area contributed by atoms with Gasteiger partial charge in [-0.05, 0) is 51.3 Å². The van der Waals surface area contributed by atoms with Gasteiger partial charge in [0.25, 0.3) is 5.56 Å². The second-order valence-electron chi connectivity index (χ2n) is 8.08. The molecule has 4 rings (SSSR count). The maximum atomic E-state index is 12.8. The minimum absolute atomic E-state index is 0.0495. The molecule has 32 heavy (non-hydrogen) atoms. The van der Waals surface area contributed by atoms with Crippen molar-refractivity contribution in [1.82, 2.24) is 19.6 Å². The lowest BCUT2D eigenvalue weighted by Gasteiger charge is -2.14. The van der Waals surface area contributed by atoms with Crippen LogP contribution in [0.1, 0.15) is 57.5 Å². The van der Waals surface area contributed by atoms with Gasteiger partial charge in [0, 0.05) is 6.42 Å². The second kappa shape index (κ2) is 9.42. The van der Waals surface area contributed by atoms with E-state index < -0.39 is 0 Å². The summed E-state index contributed by atoms with van der Waals surface area (Å²) in [4.78, 5) is 37.8. The maximum Gasteiger partial charge on any atom is 0.335 e. The van der Waals surface area contributed by atoms with E-state index in [1.807, 2.05) is 6.92 Å². The summed E-state index contributed by atoms with van der Waals surface area (Å²) in [7, 11) is 0. The Hall–Kier alpha value is -3.36. The number of anilines is 1. The first-order chi connectivity index (χ1) is 15.5. The molecule has 0 unspecified atom stereocenters. The number of carbonyl (C=O) groups excluding carboxylic acids is 1. The number of hydrogen-bond acceptors (Lipinski definition) is 7. The zero-order valence-electron chi connectivity index (χ0n) is 18.7. The molecule has 1 saturated carbocycles. The van der Waals surface area contributed by atoms with Gasteiger partial charge in [-0.1, -0.05) is 19.8 Å². The zero-order valence-corrected chi connectivity index (χ0v) is 18.7. The predicted octanol–water partition coefficient (Wildman–Crippen LogP) is 3.80. The number of rotatable bonds is 8. The number of nitrogens with zero attached hydrogens (tertiary/aromatic N) is 3. The van der Waals surface area contributed by atoms with E-state index in [4.69, 9.17) is 9.57 Å². The van der Waals surface area contributed by atoms with Crippen LogP contribution in [-0.2, 0) is 16.1 Å². The molecule has 9 nitrogen and oxygen atoms in total. The van der Waals surface area contributed by atoms with E-state index in [2.05, 4.69) is 27.5 Å². The van der Waals surface area contributed by atoms with Crippen LogP contribution in [0.5, 0.6) is 5.75 Å². The standard InChI is InChI=1S/C23H29N5O4/c1-4-8-19-24-14(3)20-22(29)25-21(26-28(19)20)17-13-16(11-12-18(17)31-5-2)27-32-23(30)15-9-6-7-10-15/h11-13,15,27H,4-10H2,1-3H3,(H,25,26,29). The van der Waals surface area contributed by atoms with Crippen molar-refractivity contribution >= 4 is 17.2 Å². The molecule has 0 atom stereocenters. The first-order valence-corrected chi connectivity index (χ1v) is 11.2. The molecule has 0 bridgehead atoms. The van der Waals surface area contributed by atoms with Crippen LogP contribution in [0.15, 0.2) is 23.0 Å². The molecular weight excluding hydrogens is 410 g/mol.